The summed E-state index contributed by atoms with van der Waals surface area (Å²) in [5.74, 6) is -1.86. The molecule has 1 amide bonds. The number of nitrogens with zero attached hydrogens (tertiary/aromatic N) is 2. The van der Waals surface area contributed by atoms with Crippen LogP contribution >= 0.6 is 23.2 Å². The maximum atomic E-state index is 13.5. The molecular weight excluding hydrogens is 519 g/mol. The van der Waals surface area contributed by atoms with Crippen LogP contribution in [0.15, 0.2) is 60.2 Å². The molecule has 10 heteroatoms. The fourth-order valence-corrected chi connectivity index (χ4v) is 4.96. The second-order valence-electron chi connectivity index (χ2n) is 7.86. The van der Waals surface area contributed by atoms with E-state index in [-0.39, 0.29) is 32.7 Å². The van der Waals surface area contributed by atoms with Gasteiger partial charge in [-0.2, -0.15) is 5.26 Å². The number of benzene rings is 3. The van der Waals surface area contributed by atoms with Crippen LogP contribution < -0.4 is 19.1 Å². The Morgan fingerprint density at radius 3 is 2.22 bits per heavy atom. The minimum atomic E-state index is -1.09. The van der Waals surface area contributed by atoms with Gasteiger partial charge in [-0.05, 0) is 36.4 Å². The number of ether oxygens (including phenoxy) is 3. The first-order chi connectivity index (χ1) is 17.8. The van der Waals surface area contributed by atoms with Gasteiger partial charge in [0.1, 0.15) is 16.5 Å². The van der Waals surface area contributed by atoms with E-state index < -0.39 is 23.5 Å². The molecule has 0 radical (unpaired) electrons. The summed E-state index contributed by atoms with van der Waals surface area (Å²) in [6, 6.07) is 15.2. The number of nitriles is 1. The van der Waals surface area contributed by atoms with Gasteiger partial charge in [-0.1, -0.05) is 41.4 Å². The van der Waals surface area contributed by atoms with Gasteiger partial charge in [-0.15, -0.1) is 0 Å². The van der Waals surface area contributed by atoms with E-state index >= 15 is 0 Å². The van der Waals surface area contributed by atoms with Crippen LogP contribution in [0.25, 0.3) is 5.76 Å². The van der Waals surface area contributed by atoms with Crippen molar-refractivity contribution in [3.8, 4) is 23.3 Å². The van der Waals surface area contributed by atoms with Gasteiger partial charge in [0.15, 0.2) is 11.5 Å². The third kappa shape index (κ3) is 4.33. The summed E-state index contributed by atoms with van der Waals surface area (Å²) in [4.78, 5) is 28.1. The van der Waals surface area contributed by atoms with Crippen LogP contribution in [0.1, 0.15) is 22.7 Å². The van der Waals surface area contributed by atoms with Crippen molar-refractivity contribution in [2.24, 2.45) is 0 Å². The molecule has 1 unspecified atom stereocenters. The number of halogens is 2. The van der Waals surface area contributed by atoms with Crippen LogP contribution in [0, 0.1) is 11.3 Å². The van der Waals surface area contributed by atoms with Gasteiger partial charge in [-0.3, -0.25) is 14.5 Å². The number of carbonyl (C=O) groups excluding carboxylic acids is 2. The molecule has 0 aromatic heterocycles. The number of methoxy groups -OCH3 is 3. The lowest BCUT2D eigenvalue weighted by atomic mass is 9.94. The maximum absolute atomic E-state index is 13.5. The van der Waals surface area contributed by atoms with Gasteiger partial charge in [-0.25, -0.2) is 0 Å². The number of aliphatic hydroxyl groups excluding tert-OH is 1. The summed E-state index contributed by atoms with van der Waals surface area (Å²) >= 11 is 12.7. The van der Waals surface area contributed by atoms with Crippen molar-refractivity contribution in [3.63, 3.8) is 0 Å². The van der Waals surface area contributed by atoms with Crippen molar-refractivity contribution >= 4 is 46.3 Å². The highest BCUT2D eigenvalue weighted by Gasteiger charge is 2.48. The van der Waals surface area contributed by atoms with E-state index in [1.165, 1.54) is 44.4 Å². The zero-order chi connectivity index (χ0) is 26.9. The number of para-hydroxylation sites is 1. The summed E-state index contributed by atoms with van der Waals surface area (Å²) in [6.45, 7) is 0. The topological polar surface area (TPSA) is 109 Å². The third-order valence-corrected chi connectivity index (χ3v) is 6.57. The normalized spacial score (nSPS) is 16.4. The molecule has 0 spiro atoms. The lowest BCUT2D eigenvalue weighted by Gasteiger charge is -2.27. The van der Waals surface area contributed by atoms with Crippen molar-refractivity contribution in [1.29, 1.82) is 5.26 Å². The first kappa shape index (κ1) is 25.9. The van der Waals surface area contributed by atoms with Crippen LogP contribution in [0.5, 0.6) is 17.2 Å². The Morgan fingerprint density at radius 1 is 0.973 bits per heavy atom. The quantitative estimate of drug-likeness (QED) is 0.250. The molecule has 1 N–H and O–H groups in total. The second-order valence-corrected chi connectivity index (χ2v) is 8.64. The van der Waals surface area contributed by atoms with Crippen LogP contribution in [0.3, 0.4) is 0 Å². The molecule has 1 aliphatic rings. The molecule has 188 valence electrons. The molecule has 8 nitrogen and oxygen atoms in total. The molecule has 0 aliphatic carbocycles. The van der Waals surface area contributed by atoms with Crippen molar-refractivity contribution < 1.29 is 28.9 Å². The van der Waals surface area contributed by atoms with E-state index in [2.05, 4.69) is 0 Å². The predicted molar refractivity (Wildman–Crippen MR) is 138 cm³/mol. The summed E-state index contributed by atoms with van der Waals surface area (Å²) < 4.78 is 16.1. The largest absolute Gasteiger partial charge is 0.507 e. The smallest absolute Gasteiger partial charge is 0.300 e. The van der Waals surface area contributed by atoms with Gasteiger partial charge in [0, 0.05) is 11.3 Å². The van der Waals surface area contributed by atoms with Crippen molar-refractivity contribution in [2.75, 3.05) is 26.2 Å². The zero-order valence-electron chi connectivity index (χ0n) is 19.9. The molecule has 0 saturated carbocycles. The fourth-order valence-electron chi connectivity index (χ4n) is 4.27. The molecule has 1 aliphatic heterocycles. The number of hydrogen-bond acceptors (Lipinski definition) is 7. The van der Waals surface area contributed by atoms with Gasteiger partial charge in [0.2, 0.25) is 0 Å². The average Bonchev–Trinajstić information content (AvgIpc) is 3.18. The van der Waals surface area contributed by atoms with E-state index in [0.717, 1.165) is 0 Å². The maximum Gasteiger partial charge on any atom is 0.300 e. The first-order valence-corrected chi connectivity index (χ1v) is 11.6. The van der Waals surface area contributed by atoms with E-state index in [1.807, 2.05) is 6.07 Å². The Labute approximate surface area is 222 Å². The highest BCUT2D eigenvalue weighted by Crippen LogP contribution is 2.49. The molecule has 1 saturated heterocycles. The lowest BCUT2D eigenvalue weighted by Crippen LogP contribution is -2.29. The van der Waals surface area contributed by atoms with E-state index in [1.54, 1.807) is 36.4 Å². The minimum absolute atomic E-state index is 0.00349. The molecule has 3 aromatic rings. The molecule has 1 fully saturated rings. The van der Waals surface area contributed by atoms with Crippen molar-refractivity contribution in [1.82, 2.24) is 0 Å². The third-order valence-electron chi connectivity index (χ3n) is 5.95. The molecule has 4 rings (SSSR count). The number of hydrogen-bond donors (Lipinski definition) is 1. The number of ketones is 1. The summed E-state index contributed by atoms with van der Waals surface area (Å²) in [7, 11) is 4.16. The number of aliphatic hydroxyl groups is 1. The van der Waals surface area contributed by atoms with Crippen LogP contribution in [-0.4, -0.2) is 38.1 Å². The van der Waals surface area contributed by atoms with Gasteiger partial charge in [0.05, 0.1) is 55.2 Å². The first-order valence-electron chi connectivity index (χ1n) is 10.8. The van der Waals surface area contributed by atoms with Crippen LogP contribution in [0.4, 0.5) is 5.69 Å². The van der Waals surface area contributed by atoms with E-state index in [9.17, 15) is 20.0 Å². The number of rotatable bonds is 6. The van der Waals surface area contributed by atoms with Gasteiger partial charge < -0.3 is 19.3 Å². The molecule has 0 bridgehead atoms. The summed E-state index contributed by atoms with van der Waals surface area (Å²) in [6.07, 6.45) is 0. The van der Waals surface area contributed by atoms with E-state index in [4.69, 9.17) is 37.4 Å². The molecule has 1 atom stereocenters. The number of Topliss-reactive ketones (excluding diaryl/α,β-unsaturated/α-hetero) is 1. The lowest BCUT2D eigenvalue weighted by molar-refractivity contribution is -0.132. The Bertz CT molecular complexity index is 1480. The Morgan fingerprint density at radius 2 is 1.62 bits per heavy atom. The molecule has 1 heterocycles. The number of carbonyl (C=O) groups is 2. The standard InChI is InChI=1S/C27H20Cl2N2O6/c1-35-19-7-5-4-6-16(19)22-20(23(32)17-12-18(28)26(37-3)21(29)25(17)36-2)24(33)27(34)31(22)15-10-8-14(13-30)9-11-15/h4-12,22,32H,1-3H3/b23-20+. The molecule has 3 aromatic carbocycles. The fraction of sp³-hybridized carbons (Fsp3) is 0.148. The number of amides is 1. The van der Waals surface area contributed by atoms with Crippen molar-refractivity contribution in [2.45, 2.75) is 6.04 Å². The van der Waals surface area contributed by atoms with Crippen LogP contribution in [0.2, 0.25) is 10.0 Å². The highest BCUT2D eigenvalue weighted by molar-refractivity contribution is 6.52. The van der Waals surface area contributed by atoms with Crippen LogP contribution in [-0.2, 0) is 9.59 Å². The molecule has 37 heavy (non-hydrogen) atoms. The summed E-state index contributed by atoms with van der Waals surface area (Å²) in [5.41, 5.74) is 0.931. The van der Waals surface area contributed by atoms with Crippen molar-refractivity contribution in [3.05, 3.63) is 86.9 Å². The summed E-state index contributed by atoms with van der Waals surface area (Å²) in [5, 5.41) is 20.7. The monoisotopic (exact) mass is 538 g/mol. The second kappa shape index (κ2) is 10.4. The van der Waals surface area contributed by atoms with Gasteiger partial charge >= 0.3 is 0 Å². The van der Waals surface area contributed by atoms with Gasteiger partial charge in [0.25, 0.3) is 11.7 Å². The highest BCUT2D eigenvalue weighted by atomic mass is 35.5. The Hall–Kier alpha value is -4.19. The van der Waals surface area contributed by atoms with E-state index in [0.29, 0.717) is 22.6 Å². The molecular formula is C27H20Cl2N2O6. The Kier molecular flexibility index (Phi) is 7.30. The Balaban J connectivity index is 2.04. The SMILES string of the molecule is COc1ccccc1C1/C(=C(\O)c2cc(Cl)c(OC)c(Cl)c2OC)C(=O)C(=O)N1c1ccc(C#N)cc1. The zero-order valence-corrected chi connectivity index (χ0v) is 21.4. The predicted octanol–water partition coefficient (Wildman–Crippen LogP) is 5.52. The minimum Gasteiger partial charge on any atom is -0.507 e. The number of anilines is 1. The average molecular weight is 539 g/mol.